The second-order valence-corrected chi connectivity index (χ2v) is 5.72. The van der Waals surface area contributed by atoms with E-state index in [1.165, 1.54) is 0 Å². The van der Waals surface area contributed by atoms with Gasteiger partial charge in [0, 0.05) is 19.3 Å². The van der Waals surface area contributed by atoms with Crippen LogP contribution < -0.4 is 5.32 Å². The summed E-state index contributed by atoms with van der Waals surface area (Å²) in [6.07, 6.45) is -2.09. The van der Waals surface area contributed by atoms with E-state index < -0.39 is 24.8 Å². The van der Waals surface area contributed by atoms with Crippen molar-refractivity contribution in [3.8, 4) is 0 Å². The fourth-order valence-corrected chi connectivity index (χ4v) is 2.57. The zero-order valence-electron chi connectivity index (χ0n) is 13.1. The summed E-state index contributed by atoms with van der Waals surface area (Å²) in [6, 6.07) is 3.12. The van der Waals surface area contributed by atoms with Crippen molar-refractivity contribution in [2.75, 3.05) is 6.61 Å². The molecule has 0 saturated heterocycles. The standard InChI is InChI=1S/C15H19F3N2O4/c1-20-8-2-3-12(20)13(21)24-11-6-4-10(5-7-11)19-14(22)23-9-15(16,17)18/h2-3,8,10-11H,4-7,9H2,1H3,(H,19,22). The van der Waals surface area contributed by atoms with Gasteiger partial charge in [0.05, 0.1) is 0 Å². The molecule has 0 atom stereocenters. The highest BCUT2D eigenvalue weighted by Crippen LogP contribution is 2.23. The SMILES string of the molecule is Cn1cccc1C(=O)OC1CCC(NC(=O)OCC(F)(F)F)CC1. The number of rotatable bonds is 4. The summed E-state index contributed by atoms with van der Waals surface area (Å²) in [5.74, 6) is -0.413. The van der Waals surface area contributed by atoms with Crippen molar-refractivity contribution in [2.24, 2.45) is 7.05 Å². The summed E-state index contributed by atoms with van der Waals surface area (Å²) in [5, 5.41) is 2.40. The Morgan fingerprint density at radius 3 is 2.50 bits per heavy atom. The molecule has 1 fully saturated rings. The minimum atomic E-state index is -4.54. The summed E-state index contributed by atoms with van der Waals surface area (Å²) in [5.41, 5.74) is 0.450. The van der Waals surface area contributed by atoms with Gasteiger partial charge in [0.15, 0.2) is 6.61 Å². The maximum Gasteiger partial charge on any atom is 0.422 e. The average molecular weight is 348 g/mol. The molecule has 1 heterocycles. The first kappa shape index (κ1) is 18.2. The lowest BCUT2D eigenvalue weighted by Gasteiger charge is -2.28. The van der Waals surface area contributed by atoms with Gasteiger partial charge in [-0.15, -0.1) is 0 Å². The van der Waals surface area contributed by atoms with Gasteiger partial charge in [-0.2, -0.15) is 13.2 Å². The lowest BCUT2D eigenvalue weighted by Crippen LogP contribution is -2.40. The van der Waals surface area contributed by atoms with Crippen molar-refractivity contribution in [2.45, 2.75) is 44.0 Å². The molecule has 0 aliphatic heterocycles. The fraction of sp³-hybridized carbons (Fsp3) is 0.600. The van der Waals surface area contributed by atoms with Crippen LogP contribution in [0.15, 0.2) is 18.3 Å². The van der Waals surface area contributed by atoms with E-state index in [0.717, 1.165) is 0 Å². The summed E-state index contributed by atoms with van der Waals surface area (Å²) < 4.78 is 47.0. The molecule has 0 bridgehead atoms. The molecule has 1 saturated carbocycles. The predicted octanol–water partition coefficient (Wildman–Crippen LogP) is 2.78. The number of nitrogens with one attached hydrogen (secondary N) is 1. The number of alkyl halides is 3. The van der Waals surface area contributed by atoms with Crippen LogP contribution in [0, 0.1) is 0 Å². The third kappa shape index (κ3) is 5.47. The van der Waals surface area contributed by atoms with Gasteiger partial charge in [-0.1, -0.05) is 0 Å². The van der Waals surface area contributed by atoms with Crippen LogP contribution in [0.1, 0.15) is 36.2 Å². The third-order valence-electron chi connectivity index (χ3n) is 3.79. The molecule has 24 heavy (non-hydrogen) atoms. The lowest BCUT2D eigenvalue weighted by molar-refractivity contribution is -0.160. The highest BCUT2D eigenvalue weighted by Gasteiger charge is 2.31. The Kier molecular flexibility index (Phi) is 5.74. The van der Waals surface area contributed by atoms with E-state index in [4.69, 9.17) is 4.74 Å². The molecule has 0 spiro atoms. The molecule has 1 N–H and O–H groups in total. The fourth-order valence-electron chi connectivity index (χ4n) is 2.57. The Bertz CT molecular complexity index is 578. The first-order valence-electron chi connectivity index (χ1n) is 7.57. The summed E-state index contributed by atoms with van der Waals surface area (Å²) in [7, 11) is 1.74. The van der Waals surface area contributed by atoms with Gasteiger partial charge in [0.1, 0.15) is 11.8 Å². The van der Waals surface area contributed by atoms with Crippen molar-refractivity contribution in [1.29, 1.82) is 0 Å². The number of amides is 1. The topological polar surface area (TPSA) is 69.6 Å². The summed E-state index contributed by atoms with van der Waals surface area (Å²) >= 11 is 0. The molecule has 1 amide bonds. The van der Waals surface area contributed by atoms with Crippen LogP contribution in [0.5, 0.6) is 0 Å². The van der Waals surface area contributed by atoms with E-state index in [9.17, 15) is 22.8 Å². The van der Waals surface area contributed by atoms with Crippen LogP contribution in [0.2, 0.25) is 0 Å². The number of carbonyl (C=O) groups is 2. The predicted molar refractivity (Wildman–Crippen MR) is 77.4 cm³/mol. The van der Waals surface area contributed by atoms with Crippen LogP contribution in [-0.4, -0.2) is 41.6 Å². The number of aromatic nitrogens is 1. The Balaban J connectivity index is 1.71. The largest absolute Gasteiger partial charge is 0.458 e. The maximum atomic E-state index is 12.0. The number of aryl methyl sites for hydroxylation is 1. The molecule has 1 aromatic heterocycles. The van der Waals surface area contributed by atoms with Crippen LogP contribution >= 0.6 is 0 Å². The number of carbonyl (C=O) groups excluding carboxylic acids is 2. The molecule has 0 aromatic carbocycles. The smallest absolute Gasteiger partial charge is 0.422 e. The third-order valence-corrected chi connectivity index (χ3v) is 3.79. The van der Waals surface area contributed by atoms with Crippen LogP contribution in [-0.2, 0) is 16.5 Å². The zero-order chi connectivity index (χ0) is 17.7. The number of alkyl carbamates (subject to hydrolysis) is 1. The number of hydrogen-bond acceptors (Lipinski definition) is 4. The number of nitrogens with zero attached hydrogens (tertiary/aromatic N) is 1. The Morgan fingerprint density at radius 1 is 1.29 bits per heavy atom. The Hall–Kier alpha value is -2.19. The van der Waals surface area contributed by atoms with Gasteiger partial charge in [-0.3, -0.25) is 0 Å². The van der Waals surface area contributed by atoms with Crippen molar-refractivity contribution in [3.05, 3.63) is 24.0 Å². The van der Waals surface area contributed by atoms with Gasteiger partial charge in [-0.25, -0.2) is 9.59 Å². The molecule has 134 valence electrons. The first-order valence-corrected chi connectivity index (χ1v) is 7.57. The highest BCUT2D eigenvalue weighted by atomic mass is 19.4. The van der Waals surface area contributed by atoms with Crippen molar-refractivity contribution < 1.29 is 32.2 Å². The van der Waals surface area contributed by atoms with Crippen LogP contribution in [0.3, 0.4) is 0 Å². The Labute approximate surface area is 136 Å². The van der Waals surface area contributed by atoms with Crippen molar-refractivity contribution >= 4 is 12.1 Å². The molecule has 2 rings (SSSR count). The molecule has 9 heteroatoms. The number of halogens is 3. The minimum Gasteiger partial charge on any atom is -0.458 e. The molecule has 1 aliphatic carbocycles. The van der Waals surface area contributed by atoms with E-state index in [2.05, 4.69) is 10.1 Å². The van der Waals surface area contributed by atoms with E-state index in [1.807, 2.05) is 0 Å². The average Bonchev–Trinajstić information content (AvgIpc) is 2.93. The monoisotopic (exact) mass is 348 g/mol. The quantitative estimate of drug-likeness (QED) is 0.850. The van der Waals surface area contributed by atoms with Crippen LogP contribution in [0.25, 0.3) is 0 Å². The van der Waals surface area contributed by atoms with E-state index in [-0.39, 0.29) is 12.1 Å². The van der Waals surface area contributed by atoms with Gasteiger partial charge < -0.3 is 19.4 Å². The van der Waals surface area contributed by atoms with Gasteiger partial charge in [-0.05, 0) is 37.8 Å². The van der Waals surface area contributed by atoms with Crippen molar-refractivity contribution in [1.82, 2.24) is 9.88 Å². The second-order valence-electron chi connectivity index (χ2n) is 5.72. The van der Waals surface area contributed by atoms with E-state index in [1.54, 1.807) is 29.9 Å². The molecule has 1 aromatic rings. The minimum absolute atomic E-state index is 0.267. The maximum absolute atomic E-state index is 12.0. The zero-order valence-corrected chi connectivity index (χ0v) is 13.1. The normalized spacial score (nSPS) is 21.2. The lowest BCUT2D eigenvalue weighted by atomic mass is 9.93. The number of esters is 1. The van der Waals surface area contributed by atoms with Gasteiger partial charge >= 0.3 is 18.2 Å². The number of hydrogen-bond donors (Lipinski definition) is 1. The second kappa shape index (κ2) is 7.59. The van der Waals surface area contributed by atoms with Gasteiger partial charge in [0.2, 0.25) is 0 Å². The van der Waals surface area contributed by atoms with E-state index in [0.29, 0.717) is 31.4 Å². The highest BCUT2D eigenvalue weighted by molar-refractivity contribution is 5.87. The summed E-state index contributed by atoms with van der Waals surface area (Å²) in [6.45, 7) is -1.61. The first-order chi connectivity index (χ1) is 11.2. The van der Waals surface area contributed by atoms with Crippen LogP contribution in [0.4, 0.5) is 18.0 Å². The molecular weight excluding hydrogens is 329 g/mol. The molecule has 0 radical (unpaired) electrons. The van der Waals surface area contributed by atoms with Gasteiger partial charge in [0.25, 0.3) is 0 Å². The molecule has 6 nitrogen and oxygen atoms in total. The van der Waals surface area contributed by atoms with E-state index >= 15 is 0 Å². The summed E-state index contributed by atoms with van der Waals surface area (Å²) in [4.78, 5) is 23.3. The molecule has 1 aliphatic rings. The molecular formula is C15H19F3N2O4. The molecule has 0 unspecified atom stereocenters. The van der Waals surface area contributed by atoms with Crippen molar-refractivity contribution in [3.63, 3.8) is 0 Å². The number of ether oxygens (including phenoxy) is 2. The Morgan fingerprint density at radius 2 is 1.96 bits per heavy atom.